The topological polar surface area (TPSA) is 24.5 Å². The molecule has 0 saturated heterocycles. The van der Waals surface area contributed by atoms with Crippen LogP contribution in [0.5, 0.6) is 5.75 Å². The molecule has 0 atom stereocenters. The van der Waals surface area contributed by atoms with Gasteiger partial charge in [0, 0.05) is 6.54 Å². The molecule has 120 valence electrons. The highest BCUT2D eigenvalue weighted by molar-refractivity contribution is 5.64. The molecule has 0 aliphatic carbocycles. The maximum absolute atomic E-state index is 5.97. The number of ether oxygens (including phenoxy) is 1. The molecule has 0 bridgehead atoms. The number of hydrogen-bond donors (Lipinski definition) is 1. The smallest absolute Gasteiger partial charge is 0.142 e. The summed E-state index contributed by atoms with van der Waals surface area (Å²) in [6.07, 6.45) is 2.21. The second kappa shape index (κ2) is 6.25. The molecule has 1 N–H and O–H groups in total. The summed E-state index contributed by atoms with van der Waals surface area (Å²) in [5.74, 6) is 1.06. The third-order valence-corrected chi connectivity index (χ3v) is 5.01. The fourth-order valence-corrected chi connectivity index (χ4v) is 3.60. The van der Waals surface area contributed by atoms with Crippen molar-refractivity contribution in [2.75, 3.05) is 31.1 Å². The lowest BCUT2D eigenvalue weighted by molar-refractivity contribution is 0.306. The first-order valence-electron chi connectivity index (χ1n) is 8.60. The lowest BCUT2D eigenvalue weighted by Crippen LogP contribution is -2.32. The van der Waals surface area contributed by atoms with Gasteiger partial charge in [-0.05, 0) is 67.2 Å². The first-order chi connectivity index (χ1) is 11.3. The number of benzene rings is 2. The molecule has 3 nitrogen and oxygen atoms in total. The second-order valence-corrected chi connectivity index (χ2v) is 6.54. The van der Waals surface area contributed by atoms with Crippen molar-refractivity contribution >= 4 is 5.69 Å². The Balaban J connectivity index is 1.67. The molecule has 2 aliphatic rings. The molecular weight excluding hydrogens is 284 g/mol. The van der Waals surface area contributed by atoms with Gasteiger partial charge in [-0.15, -0.1) is 0 Å². The normalized spacial score (nSPS) is 17.0. The van der Waals surface area contributed by atoms with Gasteiger partial charge >= 0.3 is 0 Å². The Hall–Kier alpha value is -2.00. The van der Waals surface area contributed by atoms with Crippen LogP contribution in [0.2, 0.25) is 0 Å². The number of nitrogens with one attached hydrogen (secondary N) is 1. The average Bonchev–Trinajstić information content (AvgIpc) is 2.80. The lowest BCUT2D eigenvalue weighted by atomic mass is 10.00. The zero-order chi connectivity index (χ0) is 15.6. The van der Waals surface area contributed by atoms with Crippen LogP contribution >= 0.6 is 0 Å². The van der Waals surface area contributed by atoms with E-state index >= 15 is 0 Å². The predicted molar refractivity (Wildman–Crippen MR) is 94.4 cm³/mol. The molecule has 0 aromatic heterocycles. The molecule has 0 amide bonds. The van der Waals surface area contributed by atoms with E-state index in [2.05, 4.69) is 53.5 Å². The van der Waals surface area contributed by atoms with E-state index in [1.807, 2.05) is 0 Å². The maximum Gasteiger partial charge on any atom is 0.142 e. The molecule has 23 heavy (non-hydrogen) atoms. The zero-order valence-electron chi connectivity index (χ0n) is 13.8. The van der Waals surface area contributed by atoms with E-state index in [0.29, 0.717) is 0 Å². The van der Waals surface area contributed by atoms with Crippen LogP contribution in [0.4, 0.5) is 5.69 Å². The summed E-state index contributed by atoms with van der Waals surface area (Å²) in [6, 6.07) is 13.3. The van der Waals surface area contributed by atoms with Gasteiger partial charge in [0.05, 0.1) is 12.2 Å². The number of nitrogens with zero attached hydrogens (tertiary/aromatic N) is 1. The summed E-state index contributed by atoms with van der Waals surface area (Å²) >= 11 is 0. The number of fused-ring (bicyclic) bond motifs is 2. The van der Waals surface area contributed by atoms with Crippen LogP contribution in [0, 0.1) is 6.92 Å². The van der Waals surface area contributed by atoms with Gasteiger partial charge in [0.1, 0.15) is 12.4 Å². The van der Waals surface area contributed by atoms with Gasteiger partial charge < -0.3 is 15.0 Å². The van der Waals surface area contributed by atoms with E-state index in [1.165, 1.54) is 27.9 Å². The molecule has 0 unspecified atom stereocenters. The maximum atomic E-state index is 5.97. The molecule has 4 rings (SSSR count). The van der Waals surface area contributed by atoms with Crippen molar-refractivity contribution < 1.29 is 4.74 Å². The second-order valence-electron chi connectivity index (χ2n) is 6.54. The molecule has 0 spiro atoms. The minimum Gasteiger partial charge on any atom is -0.490 e. The van der Waals surface area contributed by atoms with Gasteiger partial charge in [-0.2, -0.15) is 0 Å². The van der Waals surface area contributed by atoms with E-state index in [4.69, 9.17) is 4.74 Å². The van der Waals surface area contributed by atoms with Crippen LogP contribution in [0.3, 0.4) is 0 Å². The standard InChI is InChI=1S/C20H24N2O/c1-15-4-2-3-5-18(15)14-22-10-11-23-20-13-17-7-9-21-8-6-16(17)12-19(20)22/h2-5,12-13,21H,6-11,14H2,1H3. The van der Waals surface area contributed by atoms with E-state index in [0.717, 1.165) is 51.4 Å². The van der Waals surface area contributed by atoms with Crippen LogP contribution < -0.4 is 15.0 Å². The Morgan fingerprint density at radius 3 is 2.70 bits per heavy atom. The highest BCUT2D eigenvalue weighted by Crippen LogP contribution is 2.36. The fraction of sp³-hybridized carbons (Fsp3) is 0.400. The summed E-state index contributed by atoms with van der Waals surface area (Å²) in [6.45, 7) is 7.02. The summed E-state index contributed by atoms with van der Waals surface area (Å²) < 4.78 is 5.97. The van der Waals surface area contributed by atoms with Gasteiger partial charge in [0.15, 0.2) is 0 Å². The molecule has 3 heteroatoms. The Kier molecular flexibility index (Phi) is 3.96. The summed E-state index contributed by atoms with van der Waals surface area (Å²) in [5, 5.41) is 3.49. The van der Waals surface area contributed by atoms with Crippen LogP contribution in [-0.4, -0.2) is 26.2 Å². The van der Waals surface area contributed by atoms with Gasteiger partial charge in [-0.3, -0.25) is 0 Å². The van der Waals surface area contributed by atoms with Crippen molar-refractivity contribution in [1.29, 1.82) is 0 Å². The molecule has 0 fully saturated rings. The van der Waals surface area contributed by atoms with E-state index in [1.54, 1.807) is 0 Å². The molecule has 2 aliphatic heterocycles. The van der Waals surface area contributed by atoms with Gasteiger partial charge in [-0.25, -0.2) is 0 Å². The van der Waals surface area contributed by atoms with Gasteiger partial charge in [0.2, 0.25) is 0 Å². The summed E-state index contributed by atoms with van der Waals surface area (Å²) in [4.78, 5) is 2.47. The van der Waals surface area contributed by atoms with Crippen molar-refractivity contribution in [1.82, 2.24) is 5.32 Å². The quantitative estimate of drug-likeness (QED) is 0.923. The van der Waals surface area contributed by atoms with Crippen LogP contribution in [0.25, 0.3) is 0 Å². The Morgan fingerprint density at radius 1 is 1.09 bits per heavy atom. The van der Waals surface area contributed by atoms with Crippen molar-refractivity contribution in [2.45, 2.75) is 26.3 Å². The average molecular weight is 308 g/mol. The Labute approximate surface area is 138 Å². The van der Waals surface area contributed by atoms with Crippen LogP contribution in [0.1, 0.15) is 22.3 Å². The van der Waals surface area contributed by atoms with Crippen molar-refractivity contribution in [3.63, 3.8) is 0 Å². The van der Waals surface area contributed by atoms with Crippen molar-refractivity contribution in [3.8, 4) is 5.75 Å². The number of anilines is 1. The molecule has 2 aromatic carbocycles. The Morgan fingerprint density at radius 2 is 1.87 bits per heavy atom. The molecular formula is C20H24N2O. The Bertz CT molecular complexity index is 711. The highest BCUT2D eigenvalue weighted by atomic mass is 16.5. The van der Waals surface area contributed by atoms with E-state index in [-0.39, 0.29) is 0 Å². The third kappa shape index (κ3) is 2.93. The largest absolute Gasteiger partial charge is 0.490 e. The van der Waals surface area contributed by atoms with Gasteiger partial charge in [0.25, 0.3) is 0 Å². The third-order valence-electron chi connectivity index (χ3n) is 5.01. The summed E-state index contributed by atoms with van der Waals surface area (Å²) in [5.41, 5.74) is 6.96. The number of hydrogen-bond acceptors (Lipinski definition) is 3. The SMILES string of the molecule is Cc1ccccc1CN1CCOc2cc3c(cc21)CCNCC3. The molecule has 0 radical (unpaired) electrons. The minimum absolute atomic E-state index is 0.774. The lowest BCUT2D eigenvalue weighted by Gasteiger charge is -2.32. The summed E-state index contributed by atoms with van der Waals surface area (Å²) in [7, 11) is 0. The van der Waals surface area contributed by atoms with E-state index in [9.17, 15) is 0 Å². The van der Waals surface area contributed by atoms with Crippen molar-refractivity contribution in [2.24, 2.45) is 0 Å². The monoisotopic (exact) mass is 308 g/mol. The van der Waals surface area contributed by atoms with Crippen molar-refractivity contribution in [3.05, 3.63) is 58.7 Å². The first-order valence-corrected chi connectivity index (χ1v) is 8.60. The molecule has 0 saturated carbocycles. The molecule has 2 aromatic rings. The predicted octanol–water partition coefficient (Wildman–Crippen LogP) is 3.08. The highest BCUT2D eigenvalue weighted by Gasteiger charge is 2.21. The molecule has 2 heterocycles. The first kappa shape index (κ1) is 14.6. The minimum atomic E-state index is 0.774. The van der Waals surface area contributed by atoms with Crippen LogP contribution in [-0.2, 0) is 19.4 Å². The fourth-order valence-electron chi connectivity index (χ4n) is 3.60. The zero-order valence-corrected chi connectivity index (χ0v) is 13.8. The van der Waals surface area contributed by atoms with Crippen LogP contribution in [0.15, 0.2) is 36.4 Å². The van der Waals surface area contributed by atoms with Gasteiger partial charge in [-0.1, -0.05) is 24.3 Å². The van der Waals surface area contributed by atoms with E-state index < -0.39 is 0 Å². The number of rotatable bonds is 2. The number of aryl methyl sites for hydroxylation is 1.